The molecule has 21 heavy (non-hydrogen) atoms. The summed E-state index contributed by atoms with van der Waals surface area (Å²) in [6, 6.07) is 0.973. The Kier molecular flexibility index (Phi) is 3.57. The van der Waals surface area contributed by atoms with Gasteiger partial charge in [0.2, 0.25) is 0 Å². The van der Waals surface area contributed by atoms with Gasteiger partial charge in [-0.25, -0.2) is 0 Å². The largest absolute Gasteiger partial charge is 0.388 e. The standard InChI is InChI=1S/C17H30N2O2/c20-16(7-1-2-8-16)15-11-13(19-15)12-5-3-9-17(12,21)14-6-4-10-18-14/h12-15,18-21H,1-11H2/t12?,13?,14-,15-,17?/m0/s1. The number of nitrogens with one attached hydrogen (secondary N) is 2. The van der Waals surface area contributed by atoms with Gasteiger partial charge in [-0.15, -0.1) is 0 Å². The van der Waals surface area contributed by atoms with Crippen LogP contribution in [0.2, 0.25) is 0 Å². The van der Waals surface area contributed by atoms with E-state index in [0.29, 0.717) is 18.0 Å². The zero-order valence-corrected chi connectivity index (χ0v) is 13.0. The van der Waals surface area contributed by atoms with E-state index in [1.807, 2.05) is 0 Å². The van der Waals surface area contributed by atoms with Crippen LogP contribution < -0.4 is 10.6 Å². The molecule has 4 rings (SSSR count). The van der Waals surface area contributed by atoms with Crippen molar-refractivity contribution in [3.8, 4) is 0 Å². The predicted molar refractivity (Wildman–Crippen MR) is 82.1 cm³/mol. The van der Waals surface area contributed by atoms with Crippen molar-refractivity contribution >= 4 is 0 Å². The van der Waals surface area contributed by atoms with Crippen LogP contribution in [-0.2, 0) is 0 Å². The molecule has 2 heterocycles. The fraction of sp³-hybridized carbons (Fsp3) is 1.00. The topological polar surface area (TPSA) is 64.5 Å². The van der Waals surface area contributed by atoms with Gasteiger partial charge >= 0.3 is 0 Å². The predicted octanol–water partition coefficient (Wildman–Crippen LogP) is 1.31. The third kappa shape index (κ3) is 2.26. The molecule has 4 fully saturated rings. The third-order valence-corrected chi connectivity index (χ3v) is 6.91. The third-order valence-electron chi connectivity index (χ3n) is 6.91. The van der Waals surface area contributed by atoms with Crippen LogP contribution in [-0.4, -0.2) is 46.1 Å². The first-order chi connectivity index (χ1) is 10.1. The van der Waals surface area contributed by atoms with E-state index in [4.69, 9.17) is 0 Å². The molecule has 2 aliphatic carbocycles. The lowest BCUT2D eigenvalue weighted by Gasteiger charge is -2.51. The molecule has 4 aliphatic rings. The van der Waals surface area contributed by atoms with Gasteiger partial charge in [0, 0.05) is 24.0 Å². The van der Waals surface area contributed by atoms with Crippen LogP contribution in [0.15, 0.2) is 0 Å². The Morgan fingerprint density at radius 2 is 1.62 bits per heavy atom. The molecule has 0 bridgehead atoms. The molecule has 2 saturated heterocycles. The highest BCUT2D eigenvalue weighted by atomic mass is 16.3. The summed E-state index contributed by atoms with van der Waals surface area (Å²) in [6.45, 7) is 1.06. The molecule has 0 aromatic carbocycles. The Bertz CT molecular complexity index is 384. The minimum atomic E-state index is -0.516. The lowest BCUT2D eigenvalue weighted by molar-refractivity contribution is -0.0844. The SMILES string of the molecule is OC1([C@@H]2CC(C3CCCC3(O)[C@@H]3CCCN3)N2)CCCC1. The van der Waals surface area contributed by atoms with Crippen molar-refractivity contribution < 1.29 is 10.2 Å². The van der Waals surface area contributed by atoms with Gasteiger partial charge in [-0.1, -0.05) is 19.3 Å². The molecule has 0 aromatic heterocycles. The van der Waals surface area contributed by atoms with Gasteiger partial charge in [0.05, 0.1) is 11.2 Å². The van der Waals surface area contributed by atoms with Crippen LogP contribution in [0.1, 0.15) is 64.2 Å². The highest BCUT2D eigenvalue weighted by molar-refractivity contribution is 5.12. The molecule has 2 saturated carbocycles. The van der Waals surface area contributed by atoms with E-state index in [1.165, 1.54) is 19.3 Å². The van der Waals surface area contributed by atoms with Gasteiger partial charge in [0.1, 0.15) is 0 Å². The first-order valence-electron chi connectivity index (χ1n) is 9.06. The minimum absolute atomic E-state index is 0.270. The fourth-order valence-electron chi connectivity index (χ4n) is 5.61. The Morgan fingerprint density at radius 3 is 2.29 bits per heavy atom. The zero-order chi connectivity index (χ0) is 14.5. The summed E-state index contributed by atoms with van der Waals surface area (Å²) in [5.41, 5.74) is -0.976. The van der Waals surface area contributed by atoms with Crippen molar-refractivity contribution in [1.29, 1.82) is 0 Å². The molecule has 5 atom stereocenters. The smallest absolute Gasteiger partial charge is 0.0842 e. The second-order valence-corrected chi connectivity index (χ2v) is 8.01. The first kappa shape index (κ1) is 14.4. The maximum absolute atomic E-state index is 11.2. The van der Waals surface area contributed by atoms with E-state index in [1.54, 1.807) is 0 Å². The molecular weight excluding hydrogens is 264 g/mol. The van der Waals surface area contributed by atoms with Gasteiger partial charge < -0.3 is 20.8 Å². The van der Waals surface area contributed by atoms with Crippen LogP contribution in [0.25, 0.3) is 0 Å². The number of hydrogen-bond donors (Lipinski definition) is 4. The highest BCUT2D eigenvalue weighted by Gasteiger charge is 2.55. The van der Waals surface area contributed by atoms with E-state index in [0.717, 1.165) is 51.5 Å². The summed E-state index contributed by atoms with van der Waals surface area (Å²) in [7, 11) is 0. The minimum Gasteiger partial charge on any atom is -0.388 e. The van der Waals surface area contributed by atoms with Crippen molar-refractivity contribution in [3.63, 3.8) is 0 Å². The molecule has 120 valence electrons. The van der Waals surface area contributed by atoms with E-state index in [9.17, 15) is 10.2 Å². The summed E-state index contributed by atoms with van der Waals surface area (Å²) < 4.78 is 0. The second kappa shape index (κ2) is 5.19. The fourth-order valence-corrected chi connectivity index (χ4v) is 5.61. The Labute approximate surface area is 127 Å². The van der Waals surface area contributed by atoms with Crippen molar-refractivity contribution in [3.05, 3.63) is 0 Å². The maximum Gasteiger partial charge on any atom is 0.0842 e. The summed E-state index contributed by atoms with van der Waals surface area (Å²) in [4.78, 5) is 0. The zero-order valence-electron chi connectivity index (χ0n) is 13.0. The highest BCUT2D eigenvalue weighted by Crippen LogP contribution is 2.47. The van der Waals surface area contributed by atoms with Crippen LogP contribution in [0, 0.1) is 5.92 Å². The first-order valence-corrected chi connectivity index (χ1v) is 9.06. The average Bonchev–Trinajstić information content (AvgIpc) is 3.10. The molecule has 4 N–H and O–H groups in total. The Hall–Kier alpha value is -0.160. The van der Waals surface area contributed by atoms with Crippen molar-refractivity contribution in [1.82, 2.24) is 10.6 Å². The lowest BCUT2D eigenvalue weighted by Crippen LogP contribution is -2.68. The number of rotatable bonds is 3. The van der Waals surface area contributed by atoms with Crippen molar-refractivity contribution in [2.75, 3.05) is 6.54 Å². The van der Waals surface area contributed by atoms with Crippen LogP contribution in [0.3, 0.4) is 0 Å². The van der Waals surface area contributed by atoms with Crippen LogP contribution >= 0.6 is 0 Å². The Morgan fingerprint density at radius 1 is 0.857 bits per heavy atom. The molecule has 0 spiro atoms. The van der Waals surface area contributed by atoms with E-state index in [2.05, 4.69) is 10.6 Å². The van der Waals surface area contributed by atoms with Gasteiger partial charge in [-0.05, 0) is 51.5 Å². The van der Waals surface area contributed by atoms with E-state index in [-0.39, 0.29) is 6.04 Å². The number of aliphatic hydroxyl groups is 2. The summed E-state index contributed by atoms with van der Waals surface area (Å²) in [6.07, 6.45) is 10.8. The molecule has 0 aromatic rings. The molecule has 4 nitrogen and oxygen atoms in total. The van der Waals surface area contributed by atoms with Crippen LogP contribution in [0.5, 0.6) is 0 Å². The molecular formula is C17H30N2O2. The molecule has 4 heteroatoms. The monoisotopic (exact) mass is 294 g/mol. The van der Waals surface area contributed by atoms with Gasteiger partial charge in [0.15, 0.2) is 0 Å². The molecule has 0 amide bonds. The van der Waals surface area contributed by atoms with E-state index < -0.39 is 11.2 Å². The molecule has 2 aliphatic heterocycles. The summed E-state index contributed by atoms with van der Waals surface area (Å²) in [5.74, 6) is 0.370. The second-order valence-electron chi connectivity index (χ2n) is 8.01. The van der Waals surface area contributed by atoms with Crippen LogP contribution in [0.4, 0.5) is 0 Å². The summed E-state index contributed by atoms with van der Waals surface area (Å²) in [5, 5.41) is 29.1. The number of hydrogen-bond acceptors (Lipinski definition) is 4. The van der Waals surface area contributed by atoms with Gasteiger partial charge in [-0.2, -0.15) is 0 Å². The maximum atomic E-state index is 11.2. The van der Waals surface area contributed by atoms with Gasteiger partial charge in [0.25, 0.3) is 0 Å². The lowest BCUT2D eigenvalue weighted by atomic mass is 9.70. The van der Waals surface area contributed by atoms with Gasteiger partial charge in [-0.3, -0.25) is 0 Å². The Balaban J connectivity index is 1.40. The summed E-state index contributed by atoms with van der Waals surface area (Å²) >= 11 is 0. The average molecular weight is 294 g/mol. The molecule has 3 unspecified atom stereocenters. The quantitative estimate of drug-likeness (QED) is 0.634. The normalized spacial score (nSPS) is 49.4. The van der Waals surface area contributed by atoms with Crippen molar-refractivity contribution in [2.24, 2.45) is 5.92 Å². The molecule has 0 radical (unpaired) electrons. The van der Waals surface area contributed by atoms with Crippen molar-refractivity contribution in [2.45, 2.75) is 93.5 Å². The van der Waals surface area contributed by atoms with E-state index >= 15 is 0 Å².